The second-order valence-corrected chi connectivity index (χ2v) is 3.73. The topological polar surface area (TPSA) is 81.2 Å². The van der Waals surface area contributed by atoms with E-state index in [1.54, 1.807) is 13.8 Å². The first-order valence-corrected chi connectivity index (χ1v) is 5.56. The summed E-state index contributed by atoms with van der Waals surface area (Å²) in [6.07, 6.45) is 1.51. The standard InChI is InChI=1S/C10H13ClN2O4/c1-3-7(9(15)17-4-2)13-5-6(11)8(14)12-10(13)16/h5,7H,3-4H2,1-2H3,(H,12,14,16). The van der Waals surface area contributed by atoms with Gasteiger partial charge in [-0.1, -0.05) is 18.5 Å². The van der Waals surface area contributed by atoms with Gasteiger partial charge in [0.1, 0.15) is 11.1 Å². The molecule has 0 aromatic carbocycles. The summed E-state index contributed by atoms with van der Waals surface area (Å²) in [5.74, 6) is -0.528. The Hall–Kier alpha value is -1.56. The van der Waals surface area contributed by atoms with Gasteiger partial charge in [0.15, 0.2) is 0 Å². The van der Waals surface area contributed by atoms with E-state index in [1.807, 2.05) is 4.98 Å². The predicted octanol–water partition coefficient (Wildman–Crippen LogP) is 0.704. The minimum Gasteiger partial charge on any atom is -0.464 e. The molecule has 1 N–H and O–H groups in total. The van der Waals surface area contributed by atoms with E-state index in [4.69, 9.17) is 16.3 Å². The molecule has 1 heterocycles. The van der Waals surface area contributed by atoms with Gasteiger partial charge in [-0.2, -0.15) is 0 Å². The molecule has 1 aromatic heterocycles. The highest BCUT2D eigenvalue weighted by atomic mass is 35.5. The third kappa shape index (κ3) is 2.97. The lowest BCUT2D eigenvalue weighted by atomic mass is 10.2. The number of rotatable bonds is 4. The molecular weight excluding hydrogens is 248 g/mol. The first-order chi connectivity index (χ1) is 8.01. The molecule has 0 aliphatic rings. The summed E-state index contributed by atoms with van der Waals surface area (Å²) in [5, 5.41) is -0.146. The number of carbonyl (C=O) groups is 1. The summed E-state index contributed by atoms with van der Waals surface area (Å²) in [4.78, 5) is 36.3. The van der Waals surface area contributed by atoms with Gasteiger partial charge in [-0.3, -0.25) is 14.3 Å². The number of nitrogens with one attached hydrogen (secondary N) is 1. The Morgan fingerprint density at radius 1 is 1.53 bits per heavy atom. The van der Waals surface area contributed by atoms with Crippen molar-refractivity contribution in [2.24, 2.45) is 0 Å². The van der Waals surface area contributed by atoms with Crippen LogP contribution < -0.4 is 11.2 Å². The number of hydrogen-bond acceptors (Lipinski definition) is 4. The highest BCUT2D eigenvalue weighted by molar-refractivity contribution is 6.30. The molecule has 0 saturated heterocycles. The van der Waals surface area contributed by atoms with Gasteiger partial charge in [-0.15, -0.1) is 0 Å². The van der Waals surface area contributed by atoms with E-state index in [1.165, 1.54) is 0 Å². The fourth-order valence-electron chi connectivity index (χ4n) is 1.41. The van der Waals surface area contributed by atoms with Crippen LogP contribution in [0.25, 0.3) is 0 Å². The van der Waals surface area contributed by atoms with Gasteiger partial charge in [0.25, 0.3) is 5.56 Å². The Bertz CT molecular complexity index is 520. The largest absolute Gasteiger partial charge is 0.464 e. The average Bonchev–Trinajstić information content (AvgIpc) is 2.26. The van der Waals surface area contributed by atoms with Crippen LogP contribution in [0.5, 0.6) is 0 Å². The van der Waals surface area contributed by atoms with Crippen molar-refractivity contribution in [2.45, 2.75) is 26.3 Å². The quantitative estimate of drug-likeness (QED) is 0.808. The normalized spacial score (nSPS) is 12.2. The fourth-order valence-corrected chi connectivity index (χ4v) is 1.56. The predicted molar refractivity (Wildman–Crippen MR) is 62.3 cm³/mol. The zero-order chi connectivity index (χ0) is 13.0. The van der Waals surface area contributed by atoms with Gasteiger partial charge in [-0.05, 0) is 13.3 Å². The lowest BCUT2D eigenvalue weighted by Crippen LogP contribution is -2.35. The summed E-state index contributed by atoms with van der Waals surface area (Å²) < 4.78 is 5.91. The van der Waals surface area contributed by atoms with Crippen LogP contribution in [0.4, 0.5) is 0 Å². The number of ether oxygens (including phenoxy) is 1. The number of carbonyl (C=O) groups excluding carboxylic acids is 1. The first-order valence-electron chi connectivity index (χ1n) is 5.18. The molecule has 0 saturated carbocycles. The molecule has 0 radical (unpaired) electrons. The number of nitrogens with zero attached hydrogens (tertiary/aromatic N) is 1. The summed E-state index contributed by atoms with van der Waals surface area (Å²) in [7, 11) is 0. The lowest BCUT2D eigenvalue weighted by molar-refractivity contribution is -0.147. The molecule has 17 heavy (non-hydrogen) atoms. The molecule has 0 aliphatic heterocycles. The number of esters is 1. The third-order valence-electron chi connectivity index (χ3n) is 2.21. The molecular formula is C10H13ClN2O4. The van der Waals surface area contributed by atoms with E-state index < -0.39 is 23.3 Å². The van der Waals surface area contributed by atoms with Crippen LogP contribution in [0.15, 0.2) is 15.8 Å². The number of hydrogen-bond donors (Lipinski definition) is 1. The Morgan fingerprint density at radius 3 is 2.71 bits per heavy atom. The number of H-pyrrole nitrogens is 1. The molecule has 0 spiro atoms. The van der Waals surface area contributed by atoms with Crippen molar-refractivity contribution in [2.75, 3.05) is 6.61 Å². The Morgan fingerprint density at radius 2 is 2.18 bits per heavy atom. The van der Waals surface area contributed by atoms with E-state index in [-0.39, 0.29) is 11.6 Å². The average molecular weight is 261 g/mol. The third-order valence-corrected chi connectivity index (χ3v) is 2.47. The summed E-state index contributed by atoms with van der Waals surface area (Å²) in [6.45, 7) is 3.63. The van der Waals surface area contributed by atoms with E-state index in [0.29, 0.717) is 6.42 Å². The van der Waals surface area contributed by atoms with Crippen LogP contribution >= 0.6 is 11.6 Å². The van der Waals surface area contributed by atoms with Crippen LogP contribution in [0.2, 0.25) is 5.02 Å². The highest BCUT2D eigenvalue weighted by Crippen LogP contribution is 2.11. The number of halogens is 1. The molecule has 1 atom stereocenters. The molecule has 0 bridgehead atoms. The second-order valence-electron chi connectivity index (χ2n) is 3.32. The monoisotopic (exact) mass is 260 g/mol. The molecule has 1 rings (SSSR count). The maximum absolute atomic E-state index is 11.6. The number of aromatic amines is 1. The van der Waals surface area contributed by atoms with Crippen molar-refractivity contribution in [1.82, 2.24) is 9.55 Å². The van der Waals surface area contributed by atoms with Crippen molar-refractivity contribution in [1.29, 1.82) is 0 Å². The summed E-state index contributed by atoms with van der Waals surface area (Å²) in [6, 6.07) is -0.781. The molecule has 0 aliphatic carbocycles. The maximum Gasteiger partial charge on any atom is 0.329 e. The SMILES string of the molecule is CCOC(=O)C(CC)n1cc(Cl)c(=O)[nH]c1=O. The van der Waals surface area contributed by atoms with E-state index in [2.05, 4.69) is 0 Å². The molecule has 6 nitrogen and oxygen atoms in total. The van der Waals surface area contributed by atoms with Crippen molar-refractivity contribution in [3.05, 3.63) is 32.1 Å². The summed E-state index contributed by atoms with van der Waals surface area (Å²) in [5.41, 5.74) is -1.36. The smallest absolute Gasteiger partial charge is 0.329 e. The number of aromatic nitrogens is 2. The van der Waals surface area contributed by atoms with Crippen LogP contribution in [0.3, 0.4) is 0 Å². The molecule has 0 amide bonds. The van der Waals surface area contributed by atoms with E-state index in [0.717, 1.165) is 10.8 Å². The lowest BCUT2D eigenvalue weighted by Gasteiger charge is -2.15. The van der Waals surface area contributed by atoms with Crippen molar-refractivity contribution in [3.63, 3.8) is 0 Å². The molecule has 7 heteroatoms. The minimum atomic E-state index is -0.781. The van der Waals surface area contributed by atoms with Crippen molar-refractivity contribution >= 4 is 17.6 Å². The van der Waals surface area contributed by atoms with Crippen LogP contribution in [0, 0.1) is 0 Å². The second kappa shape index (κ2) is 5.67. The zero-order valence-corrected chi connectivity index (χ0v) is 10.3. The van der Waals surface area contributed by atoms with Crippen molar-refractivity contribution < 1.29 is 9.53 Å². The minimum absolute atomic E-state index is 0.146. The summed E-state index contributed by atoms with van der Waals surface area (Å²) >= 11 is 5.61. The molecule has 1 aromatic rings. The van der Waals surface area contributed by atoms with Gasteiger partial charge < -0.3 is 4.74 Å². The van der Waals surface area contributed by atoms with Gasteiger partial charge in [-0.25, -0.2) is 9.59 Å². The zero-order valence-electron chi connectivity index (χ0n) is 9.53. The Kier molecular flexibility index (Phi) is 4.51. The first kappa shape index (κ1) is 13.5. The van der Waals surface area contributed by atoms with Gasteiger partial charge in [0, 0.05) is 6.20 Å². The Balaban J connectivity index is 3.21. The molecule has 1 unspecified atom stereocenters. The van der Waals surface area contributed by atoms with Crippen LogP contribution in [0.1, 0.15) is 26.3 Å². The molecule has 94 valence electrons. The maximum atomic E-state index is 11.6. The van der Waals surface area contributed by atoms with Crippen LogP contribution in [-0.2, 0) is 9.53 Å². The van der Waals surface area contributed by atoms with Gasteiger partial charge in [0.05, 0.1) is 6.61 Å². The Labute approximate surface area is 102 Å². The highest BCUT2D eigenvalue weighted by Gasteiger charge is 2.21. The fraction of sp³-hybridized carbons (Fsp3) is 0.500. The van der Waals surface area contributed by atoms with E-state index in [9.17, 15) is 14.4 Å². The molecule has 0 fully saturated rings. The van der Waals surface area contributed by atoms with Crippen LogP contribution in [-0.4, -0.2) is 22.1 Å². The van der Waals surface area contributed by atoms with Gasteiger partial charge in [0.2, 0.25) is 0 Å². The van der Waals surface area contributed by atoms with E-state index >= 15 is 0 Å². The van der Waals surface area contributed by atoms with Crippen molar-refractivity contribution in [3.8, 4) is 0 Å². The van der Waals surface area contributed by atoms with Gasteiger partial charge >= 0.3 is 11.7 Å².